The Morgan fingerprint density at radius 2 is 1.71 bits per heavy atom. The summed E-state index contributed by atoms with van der Waals surface area (Å²) in [4.78, 5) is 21.7. The van der Waals surface area contributed by atoms with Gasteiger partial charge in [0, 0.05) is 31.7 Å². The molecule has 5 heteroatoms. The van der Waals surface area contributed by atoms with E-state index in [0.29, 0.717) is 6.54 Å². The highest BCUT2D eigenvalue weighted by atomic mass is 16.6. The molecule has 3 rings (SSSR count). The maximum absolute atomic E-state index is 12.7. The van der Waals surface area contributed by atoms with Gasteiger partial charge in [0.15, 0.2) is 6.61 Å². The van der Waals surface area contributed by atoms with Crippen molar-refractivity contribution in [3.63, 3.8) is 0 Å². The second kappa shape index (κ2) is 9.04. The lowest BCUT2D eigenvalue weighted by Crippen LogP contribution is -2.33. The zero-order chi connectivity index (χ0) is 19.9. The molecule has 0 atom stereocenters. The van der Waals surface area contributed by atoms with Crippen molar-refractivity contribution in [3.05, 3.63) is 72.3 Å². The summed E-state index contributed by atoms with van der Waals surface area (Å²) >= 11 is 0. The minimum atomic E-state index is -0.126. The third kappa shape index (κ3) is 4.49. The minimum Gasteiger partial charge on any atom is -0.386 e. The molecule has 144 valence electrons. The van der Waals surface area contributed by atoms with Gasteiger partial charge in [-0.3, -0.25) is 4.79 Å². The Morgan fingerprint density at radius 1 is 1.00 bits per heavy atom. The molecule has 28 heavy (non-hydrogen) atoms. The highest BCUT2D eigenvalue weighted by Crippen LogP contribution is 2.26. The predicted octanol–water partition coefficient (Wildman–Crippen LogP) is 4.31. The van der Waals surface area contributed by atoms with E-state index in [1.165, 1.54) is 0 Å². The molecule has 0 spiro atoms. The quantitative estimate of drug-likeness (QED) is 0.457. The first-order valence-corrected chi connectivity index (χ1v) is 9.31. The van der Waals surface area contributed by atoms with E-state index in [9.17, 15) is 4.79 Å². The Balaban J connectivity index is 1.64. The highest BCUT2D eigenvalue weighted by Gasteiger charge is 2.16. The first kappa shape index (κ1) is 19.4. The van der Waals surface area contributed by atoms with E-state index in [-0.39, 0.29) is 12.5 Å². The summed E-state index contributed by atoms with van der Waals surface area (Å²) in [6.07, 6.45) is 1.61. The first-order valence-electron chi connectivity index (χ1n) is 9.31. The molecule has 0 unspecified atom stereocenters. The van der Waals surface area contributed by atoms with Crippen LogP contribution in [0.2, 0.25) is 0 Å². The number of carbonyl (C=O) groups is 1. The summed E-state index contributed by atoms with van der Waals surface area (Å²) in [5, 5.41) is 6.09. The Labute approximate surface area is 165 Å². The van der Waals surface area contributed by atoms with Crippen molar-refractivity contribution in [2.45, 2.75) is 6.92 Å². The molecule has 1 amide bonds. The zero-order valence-electron chi connectivity index (χ0n) is 16.5. The van der Waals surface area contributed by atoms with Gasteiger partial charge in [0.05, 0.1) is 11.9 Å². The lowest BCUT2D eigenvalue weighted by atomic mass is 10.1. The van der Waals surface area contributed by atoms with Crippen LogP contribution in [-0.4, -0.2) is 39.4 Å². The van der Waals surface area contributed by atoms with Crippen LogP contribution < -0.4 is 9.80 Å². The molecule has 3 aromatic rings. The van der Waals surface area contributed by atoms with Gasteiger partial charge < -0.3 is 14.6 Å². The van der Waals surface area contributed by atoms with Crippen molar-refractivity contribution in [1.29, 1.82) is 0 Å². The van der Waals surface area contributed by atoms with E-state index < -0.39 is 0 Å². The van der Waals surface area contributed by atoms with Crippen molar-refractivity contribution in [1.82, 2.24) is 0 Å². The number of hydrogen-bond acceptors (Lipinski definition) is 4. The van der Waals surface area contributed by atoms with Crippen molar-refractivity contribution in [3.8, 4) is 0 Å². The molecule has 0 saturated carbocycles. The van der Waals surface area contributed by atoms with Crippen LogP contribution in [0.5, 0.6) is 0 Å². The molecule has 0 aliphatic rings. The number of likely N-dealkylation sites (N-methyl/N-ethyl adjacent to an activating group) is 1. The number of benzene rings is 3. The smallest absolute Gasteiger partial charge is 0.267 e. The van der Waals surface area contributed by atoms with Gasteiger partial charge in [0.1, 0.15) is 0 Å². The average Bonchev–Trinajstić information content (AvgIpc) is 2.72. The monoisotopic (exact) mass is 375 g/mol. The van der Waals surface area contributed by atoms with Crippen LogP contribution >= 0.6 is 0 Å². The standard InChI is InChI=1S/C23H25N3O2/c1-4-26(22-11-7-9-19-8-5-6-10-21(19)22)23(27)17-28-24-16-18-12-14-20(15-13-18)25(2)3/h5-16H,4,17H2,1-3H3/b24-16+. The normalized spacial score (nSPS) is 11.0. The fourth-order valence-corrected chi connectivity index (χ4v) is 3.05. The number of carbonyl (C=O) groups excluding carboxylic acids is 1. The number of amides is 1. The summed E-state index contributed by atoms with van der Waals surface area (Å²) in [5.41, 5.74) is 2.92. The number of hydrogen-bond donors (Lipinski definition) is 0. The van der Waals surface area contributed by atoms with E-state index in [4.69, 9.17) is 4.84 Å². The molecule has 0 aliphatic carbocycles. The molecule has 0 heterocycles. The van der Waals surface area contributed by atoms with Gasteiger partial charge >= 0.3 is 0 Å². The van der Waals surface area contributed by atoms with E-state index in [1.807, 2.05) is 92.6 Å². The van der Waals surface area contributed by atoms with Gasteiger partial charge in [0.25, 0.3) is 5.91 Å². The molecular formula is C23H25N3O2. The fraction of sp³-hybridized carbons (Fsp3) is 0.217. The first-order chi connectivity index (χ1) is 13.6. The van der Waals surface area contributed by atoms with E-state index >= 15 is 0 Å². The van der Waals surface area contributed by atoms with Gasteiger partial charge in [0.2, 0.25) is 0 Å². The summed E-state index contributed by atoms with van der Waals surface area (Å²) in [6.45, 7) is 2.41. The van der Waals surface area contributed by atoms with E-state index in [1.54, 1.807) is 11.1 Å². The predicted molar refractivity (Wildman–Crippen MR) is 116 cm³/mol. The lowest BCUT2D eigenvalue weighted by molar-refractivity contribution is -0.123. The van der Waals surface area contributed by atoms with Crippen molar-refractivity contribution < 1.29 is 9.63 Å². The van der Waals surface area contributed by atoms with Crippen LogP contribution in [0.25, 0.3) is 10.8 Å². The number of anilines is 2. The van der Waals surface area contributed by atoms with Crippen LogP contribution in [-0.2, 0) is 9.63 Å². The Hall–Kier alpha value is -3.34. The fourth-order valence-electron chi connectivity index (χ4n) is 3.05. The van der Waals surface area contributed by atoms with Gasteiger partial charge in [-0.05, 0) is 36.1 Å². The second-order valence-electron chi connectivity index (χ2n) is 6.63. The summed E-state index contributed by atoms with van der Waals surface area (Å²) in [6, 6.07) is 21.9. The summed E-state index contributed by atoms with van der Waals surface area (Å²) < 4.78 is 0. The summed E-state index contributed by atoms with van der Waals surface area (Å²) in [5.74, 6) is -0.126. The maximum atomic E-state index is 12.7. The SMILES string of the molecule is CCN(C(=O)CO/N=C/c1ccc(N(C)C)cc1)c1cccc2ccccc12. The molecule has 0 fully saturated rings. The van der Waals surface area contributed by atoms with Gasteiger partial charge in [-0.1, -0.05) is 53.7 Å². The highest BCUT2D eigenvalue weighted by molar-refractivity contribution is 6.04. The van der Waals surface area contributed by atoms with E-state index in [0.717, 1.165) is 27.7 Å². The molecule has 0 aliphatic heterocycles. The lowest BCUT2D eigenvalue weighted by Gasteiger charge is -2.22. The number of oxime groups is 1. The van der Waals surface area contributed by atoms with Crippen LogP contribution in [0.15, 0.2) is 71.9 Å². The van der Waals surface area contributed by atoms with Gasteiger partial charge in [-0.2, -0.15) is 0 Å². The van der Waals surface area contributed by atoms with Crippen molar-refractivity contribution >= 4 is 34.3 Å². The number of nitrogens with zero attached hydrogens (tertiary/aromatic N) is 3. The molecule has 0 saturated heterocycles. The molecule has 0 bridgehead atoms. The van der Waals surface area contributed by atoms with Crippen molar-refractivity contribution in [2.24, 2.45) is 5.16 Å². The average molecular weight is 375 g/mol. The van der Waals surface area contributed by atoms with Crippen molar-refractivity contribution in [2.75, 3.05) is 37.0 Å². The van der Waals surface area contributed by atoms with Crippen LogP contribution in [0, 0.1) is 0 Å². The molecular weight excluding hydrogens is 350 g/mol. The molecule has 0 N–H and O–H groups in total. The Kier molecular flexibility index (Phi) is 6.27. The largest absolute Gasteiger partial charge is 0.386 e. The second-order valence-corrected chi connectivity index (χ2v) is 6.63. The van der Waals surface area contributed by atoms with Gasteiger partial charge in [-0.15, -0.1) is 0 Å². The molecule has 5 nitrogen and oxygen atoms in total. The topological polar surface area (TPSA) is 45.1 Å². The summed E-state index contributed by atoms with van der Waals surface area (Å²) in [7, 11) is 3.99. The van der Waals surface area contributed by atoms with Crippen LogP contribution in [0.1, 0.15) is 12.5 Å². The molecule has 3 aromatic carbocycles. The number of rotatable bonds is 7. The minimum absolute atomic E-state index is 0.108. The van der Waals surface area contributed by atoms with E-state index in [2.05, 4.69) is 5.16 Å². The third-order valence-corrected chi connectivity index (χ3v) is 4.55. The van der Waals surface area contributed by atoms with Crippen LogP contribution in [0.4, 0.5) is 11.4 Å². The number of fused-ring (bicyclic) bond motifs is 1. The Bertz CT molecular complexity index is 960. The van der Waals surface area contributed by atoms with Gasteiger partial charge in [-0.25, -0.2) is 0 Å². The molecule has 0 radical (unpaired) electrons. The third-order valence-electron chi connectivity index (χ3n) is 4.55. The molecule has 0 aromatic heterocycles. The Morgan fingerprint density at radius 3 is 2.43 bits per heavy atom. The zero-order valence-corrected chi connectivity index (χ0v) is 16.5. The van der Waals surface area contributed by atoms with Crippen LogP contribution in [0.3, 0.4) is 0 Å². The maximum Gasteiger partial charge on any atom is 0.267 e.